The minimum Gasteiger partial charge on any atom is -0.330 e. The van der Waals surface area contributed by atoms with Crippen LogP contribution < -0.4 is 14.7 Å². The predicted molar refractivity (Wildman–Crippen MR) is 247 cm³/mol. The van der Waals surface area contributed by atoms with Crippen molar-refractivity contribution in [1.82, 2.24) is 4.40 Å². The van der Waals surface area contributed by atoms with Gasteiger partial charge in [-0.1, -0.05) is 121 Å². The Hall–Kier alpha value is -7.56. The first-order chi connectivity index (χ1) is 29.2. The number of hydrogen-bond donors (Lipinski definition) is 0. The first kappa shape index (κ1) is 32.5. The van der Waals surface area contributed by atoms with Crippen LogP contribution in [0.25, 0.3) is 43.7 Å². The van der Waals surface area contributed by atoms with Gasteiger partial charge in [-0.3, -0.25) is 0 Å². The summed E-state index contributed by atoms with van der Waals surface area (Å²) in [6, 6.07) is 70.9. The highest BCUT2D eigenvalue weighted by Crippen LogP contribution is 2.66. The molecule has 2 aliphatic heterocycles. The second-order valence-electron chi connectivity index (χ2n) is 16.2. The summed E-state index contributed by atoms with van der Waals surface area (Å²) < 4.78 is 2.55. The van der Waals surface area contributed by atoms with Gasteiger partial charge in [-0.25, -0.2) is 0 Å². The highest BCUT2D eigenvalue weighted by Gasteiger charge is 2.58. The number of nitrogens with zero attached hydrogens (tertiary/aromatic N) is 4. The normalized spacial score (nSPS) is 17.6. The van der Waals surface area contributed by atoms with Crippen LogP contribution in [-0.2, 0) is 0 Å². The van der Waals surface area contributed by atoms with Crippen LogP contribution in [0.4, 0.5) is 39.8 Å². The zero-order valence-corrected chi connectivity index (χ0v) is 32.5. The van der Waals surface area contributed by atoms with Crippen molar-refractivity contribution in [2.45, 2.75) is 18.4 Å². The molecule has 59 heavy (non-hydrogen) atoms. The maximum Gasteiger partial charge on any atom is 0.0805 e. The molecule has 2 atom stereocenters. The van der Waals surface area contributed by atoms with E-state index in [0.29, 0.717) is 0 Å². The van der Waals surface area contributed by atoms with Gasteiger partial charge in [0.1, 0.15) is 0 Å². The molecule has 0 saturated carbocycles. The average Bonchev–Trinajstić information content (AvgIpc) is 3.97. The molecule has 0 fully saturated rings. The van der Waals surface area contributed by atoms with Crippen LogP contribution in [0.15, 0.2) is 212 Å². The average molecular weight is 755 g/mol. The van der Waals surface area contributed by atoms with Crippen LogP contribution in [-0.4, -0.2) is 9.94 Å². The van der Waals surface area contributed by atoms with Gasteiger partial charge in [-0.2, -0.15) is 0 Å². The Morgan fingerprint density at radius 1 is 0.492 bits per heavy atom. The van der Waals surface area contributed by atoms with Crippen molar-refractivity contribution in [2.75, 3.05) is 14.7 Å². The summed E-state index contributed by atoms with van der Waals surface area (Å²) in [7, 11) is 0. The van der Waals surface area contributed by atoms with Crippen LogP contribution in [0.1, 0.15) is 24.0 Å². The number of aromatic nitrogens is 1. The highest BCUT2D eigenvalue weighted by molar-refractivity contribution is 6.28. The largest absolute Gasteiger partial charge is 0.330 e. The highest BCUT2D eigenvalue weighted by atomic mass is 15.3. The lowest BCUT2D eigenvalue weighted by Gasteiger charge is -2.41. The third-order valence-corrected chi connectivity index (χ3v) is 13.3. The Morgan fingerprint density at radius 3 is 1.73 bits per heavy atom. The van der Waals surface area contributed by atoms with E-state index >= 15 is 0 Å². The SMILES string of the molecule is CC12C3=C(N(c4ccccc4)c4ccccc4)C=CC1c1cc4c(cc1N2c1ccccc13)c1ccc(N(c2ccccc2)c2ccccc2)c2c3ccccc3n4c12. The summed E-state index contributed by atoms with van der Waals surface area (Å²) in [5.74, 6) is 0.144. The van der Waals surface area contributed by atoms with Crippen molar-refractivity contribution in [1.29, 1.82) is 0 Å². The molecule has 0 N–H and O–H groups in total. The molecule has 2 unspecified atom stereocenters. The molecule has 8 aromatic carbocycles. The van der Waals surface area contributed by atoms with Gasteiger partial charge < -0.3 is 19.1 Å². The fraction of sp³-hybridized carbons (Fsp3) is 0.0545. The molecule has 0 saturated heterocycles. The molecule has 0 bridgehead atoms. The molecule has 1 aliphatic carbocycles. The molecular formula is C55H38N4. The number of rotatable bonds is 6. The van der Waals surface area contributed by atoms with Gasteiger partial charge >= 0.3 is 0 Å². The Bertz CT molecular complexity index is 3270. The second kappa shape index (κ2) is 12.0. The van der Waals surface area contributed by atoms with E-state index in [9.17, 15) is 0 Å². The number of anilines is 7. The third kappa shape index (κ3) is 4.27. The molecule has 4 nitrogen and oxygen atoms in total. The number of allylic oxidation sites excluding steroid dienone is 1. The van der Waals surface area contributed by atoms with Gasteiger partial charge in [0.25, 0.3) is 0 Å². The predicted octanol–water partition coefficient (Wildman–Crippen LogP) is 14.4. The third-order valence-electron chi connectivity index (χ3n) is 13.3. The molecular weight excluding hydrogens is 717 g/mol. The maximum absolute atomic E-state index is 2.67. The zero-order valence-electron chi connectivity index (χ0n) is 32.5. The minimum atomic E-state index is -0.334. The quantitative estimate of drug-likeness (QED) is 0.168. The van der Waals surface area contributed by atoms with E-state index < -0.39 is 0 Å². The number of benzene rings is 8. The zero-order chi connectivity index (χ0) is 38.8. The monoisotopic (exact) mass is 754 g/mol. The molecule has 4 heterocycles. The molecule has 13 rings (SSSR count). The lowest BCUT2D eigenvalue weighted by molar-refractivity contribution is 0.571. The number of hydrogen-bond acceptors (Lipinski definition) is 3. The molecule has 0 amide bonds. The van der Waals surface area contributed by atoms with Gasteiger partial charge in [0.2, 0.25) is 0 Å². The molecule has 4 heteroatoms. The van der Waals surface area contributed by atoms with Gasteiger partial charge in [0.15, 0.2) is 0 Å². The fourth-order valence-corrected chi connectivity index (χ4v) is 11.0. The van der Waals surface area contributed by atoms with Crippen molar-refractivity contribution < 1.29 is 0 Å². The van der Waals surface area contributed by atoms with Crippen LogP contribution in [0.2, 0.25) is 0 Å². The summed E-state index contributed by atoms with van der Waals surface area (Å²) >= 11 is 0. The van der Waals surface area contributed by atoms with Gasteiger partial charge in [-0.05, 0) is 97.4 Å². The van der Waals surface area contributed by atoms with E-state index in [4.69, 9.17) is 0 Å². The van der Waals surface area contributed by atoms with Gasteiger partial charge in [-0.15, -0.1) is 0 Å². The van der Waals surface area contributed by atoms with E-state index in [1.165, 1.54) is 77.6 Å². The van der Waals surface area contributed by atoms with Crippen molar-refractivity contribution in [3.05, 3.63) is 223 Å². The lowest BCUT2D eigenvalue weighted by Crippen LogP contribution is -2.42. The molecule has 278 valence electrons. The number of fused-ring (bicyclic) bond motifs is 12. The van der Waals surface area contributed by atoms with Crippen LogP contribution in [0, 0.1) is 0 Å². The van der Waals surface area contributed by atoms with E-state index in [1.807, 2.05) is 0 Å². The van der Waals surface area contributed by atoms with Crippen molar-refractivity contribution >= 4 is 83.5 Å². The van der Waals surface area contributed by atoms with Crippen molar-refractivity contribution in [3.8, 4) is 0 Å². The van der Waals surface area contributed by atoms with Crippen molar-refractivity contribution in [2.24, 2.45) is 0 Å². The van der Waals surface area contributed by atoms with Crippen LogP contribution in [0.5, 0.6) is 0 Å². The Kier molecular flexibility index (Phi) is 6.60. The maximum atomic E-state index is 2.67. The van der Waals surface area contributed by atoms with E-state index in [2.05, 4.69) is 232 Å². The Morgan fingerprint density at radius 2 is 1.07 bits per heavy atom. The lowest BCUT2D eigenvalue weighted by atomic mass is 9.73. The summed E-state index contributed by atoms with van der Waals surface area (Å²) in [4.78, 5) is 7.53. The summed E-state index contributed by atoms with van der Waals surface area (Å²) in [5.41, 5.74) is 17.0. The topological polar surface area (TPSA) is 14.1 Å². The van der Waals surface area contributed by atoms with Gasteiger partial charge in [0.05, 0.1) is 33.5 Å². The summed E-state index contributed by atoms with van der Waals surface area (Å²) in [5, 5.41) is 5.09. The van der Waals surface area contributed by atoms with Crippen LogP contribution >= 0.6 is 0 Å². The standard InChI is InChI=1S/C55H38N4/c1-55-45-31-33-49(57(38-22-10-4-11-23-38)39-24-12-5-13-25-39)53(55)42-27-15-17-29-47(42)59(55)51-34-43-40-30-32-48(56(36-18-6-2-7-19-36)37-20-8-3-9-21-37)52-41-26-14-16-28-46(41)58(54(40)52)50(43)35-44(45)51/h2-35,45H,1H3. The number of para-hydroxylation sites is 6. The van der Waals surface area contributed by atoms with Gasteiger partial charge in [0, 0.05) is 72.7 Å². The molecule has 0 spiro atoms. The minimum absolute atomic E-state index is 0.144. The fourth-order valence-electron chi connectivity index (χ4n) is 11.0. The summed E-state index contributed by atoms with van der Waals surface area (Å²) in [6.07, 6.45) is 4.88. The molecule has 2 aromatic heterocycles. The first-order valence-corrected chi connectivity index (χ1v) is 20.6. The van der Waals surface area contributed by atoms with Crippen molar-refractivity contribution in [3.63, 3.8) is 0 Å². The first-order valence-electron chi connectivity index (χ1n) is 20.6. The molecule has 3 aliphatic rings. The summed E-state index contributed by atoms with van der Waals surface area (Å²) in [6.45, 7) is 2.47. The molecule has 10 aromatic rings. The smallest absolute Gasteiger partial charge is 0.0805 e. The Balaban J connectivity index is 1.07. The molecule has 0 radical (unpaired) electrons. The van der Waals surface area contributed by atoms with E-state index in [-0.39, 0.29) is 11.5 Å². The van der Waals surface area contributed by atoms with E-state index in [0.717, 1.165) is 22.7 Å². The Labute approximate surface area is 342 Å². The second-order valence-corrected chi connectivity index (χ2v) is 16.2. The van der Waals surface area contributed by atoms with E-state index in [1.54, 1.807) is 0 Å². The van der Waals surface area contributed by atoms with Crippen LogP contribution in [0.3, 0.4) is 0 Å².